The van der Waals surface area contributed by atoms with E-state index in [-0.39, 0.29) is 12.5 Å². The van der Waals surface area contributed by atoms with Crippen LogP contribution < -0.4 is 5.32 Å². The Morgan fingerprint density at radius 1 is 1.25 bits per heavy atom. The first-order chi connectivity index (χ1) is 9.43. The van der Waals surface area contributed by atoms with Gasteiger partial charge in [0.15, 0.2) is 0 Å². The van der Waals surface area contributed by atoms with Gasteiger partial charge in [0.05, 0.1) is 5.41 Å². The second-order valence-electron chi connectivity index (χ2n) is 6.52. The Kier molecular flexibility index (Phi) is 5.35. The third-order valence-electron chi connectivity index (χ3n) is 4.90. The second-order valence-corrected chi connectivity index (χ2v) is 6.52. The van der Waals surface area contributed by atoms with Gasteiger partial charge in [-0.2, -0.15) is 13.2 Å². The van der Waals surface area contributed by atoms with E-state index in [2.05, 4.69) is 5.32 Å². The summed E-state index contributed by atoms with van der Waals surface area (Å²) in [5.41, 5.74) is -1.34. The highest BCUT2D eigenvalue weighted by Gasteiger charge is 2.62. The van der Waals surface area contributed by atoms with Crippen LogP contribution in [-0.4, -0.2) is 32.0 Å². The number of hydrogen-bond acceptors (Lipinski definition) is 2. The molecule has 0 amide bonds. The molecule has 0 bridgehead atoms. The van der Waals surface area contributed by atoms with Crippen molar-refractivity contribution >= 4 is 0 Å². The monoisotopic (exact) mass is 293 g/mol. The number of hydrogen-bond donors (Lipinski definition) is 1. The van der Waals surface area contributed by atoms with E-state index in [0.717, 1.165) is 39.0 Å². The number of rotatable bonds is 7. The van der Waals surface area contributed by atoms with Crippen molar-refractivity contribution in [1.29, 1.82) is 0 Å². The molecule has 1 aliphatic carbocycles. The molecule has 2 nitrogen and oxygen atoms in total. The van der Waals surface area contributed by atoms with Crippen molar-refractivity contribution in [1.82, 2.24) is 5.32 Å². The molecule has 2 aliphatic rings. The summed E-state index contributed by atoms with van der Waals surface area (Å²) >= 11 is 0. The molecule has 0 radical (unpaired) electrons. The normalized spacial score (nSPS) is 24.6. The van der Waals surface area contributed by atoms with E-state index in [1.54, 1.807) is 0 Å². The predicted molar refractivity (Wildman–Crippen MR) is 72.6 cm³/mol. The zero-order chi connectivity index (χ0) is 14.6. The molecule has 1 heterocycles. The maximum atomic E-state index is 12.8. The molecule has 2 fully saturated rings. The van der Waals surface area contributed by atoms with Crippen molar-refractivity contribution in [2.45, 2.75) is 64.1 Å². The molecule has 1 saturated carbocycles. The van der Waals surface area contributed by atoms with Crippen LogP contribution in [0.2, 0.25) is 0 Å². The fourth-order valence-corrected chi connectivity index (χ4v) is 2.99. The minimum absolute atomic E-state index is 0.176. The van der Waals surface area contributed by atoms with Gasteiger partial charge in [0, 0.05) is 19.3 Å². The van der Waals surface area contributed by atoms with Gasteiger partial charge < -0.3 is 10.1 Å². The molecule has 0 spiro atoms. The Labute approximate surface area is 119 Å². The minimum Gasteiger partial charge on any atom is -0.381 e. The summed E-state index contributed by atoms with van der Waals surface area (Å²) in [5.74, 6) is 0.716. The predicted octanol–water partition coefficient (Wildman–Crippen LogP) is 3.90. The first-order valence-corrected chi connectivity index (χ1v) is 7.81. The third-order valence-corrected chi connectivity index (χ3v) is 4.90. The van der Waals surface area contributed by atoms with Crippen LogP contribution in [0, 0.1) is 11.3 Å². The zero-order valence-corrected chi connectivity index (χ0v) is 12.3. The molecule has 0 aromatic carbocycles. The fraction of sp³-hybridized carbons (Fsp3) is 1.00. The maximum Gasteiger partial charge on any atom is 0.394 e. The largest absolute Gasteiger partial charge is 0.394 e. The van der Waals surface area contributed by atoms with Crippen LogP contribution in [0.25, 0.3) is 0 Å². The molecule has 1 aliphatic heterocycles. The molecule has 5 heteroatoms. The fourth-order valence-electron chi connectivity index (χ4n) is 2.99. The lowest BCUT2D eigenvalue weighted by atomic mass is 9.95. The van der Waals surface area contributed by atoms with Crippen molar-refractivity contribution in [2.24, 2.45) is 11.3 Å². The summed E-state index contributed by atoms with van der Waals surface area (Å²) < 4.78 is 43.7. The van der Waals surface area contributed by atoms with E-state index in [4.69, 9.17) is 4.74 Å². The van der Waals surface area contributed by atoms with Gasteiger partial charge in [-0.1, -0.05) is 0 Å². The molecule has 1 atom stereocenters. The van der Waals surface area contributed by atoms with Gasteiger partial charge in [-0.05, 0) is 64.3 Å². The van der Waals surface area contributed by atoms with Gasteiger partial charge >= 0.3 is 6.18 Å². The molecule has 1 saturated heterocycles. The molecule has 20 heavy (non-hydrogen) atoms. The Balaban J connectivity index is 1.57. The lowest BCUT2D eigenvalue weighted by Crippen LogP contribution is -2.32. The molecule has 0 aromatic heterocycles. The van der Waals surface area contributed by atoms with Gasteiger partial charge in [-0.25, -0.2) is 0 Å². The molecular weight excluding hydrogens is 267 g/mol. The van der Waals surface area contributed by atoms with Gasteiger partial charge in [-0.15, -0.1) is 0 Å². The van der Waals surface area contributed by atoms with Gasteiger partial charge in [0.1, 0.15) is 0 Å². The Morgan fingerprint density at radius 3 is 2.45 bits per heavy atom. The molecule has 118 valence electrons. The average Bonchev–Trinajstić information content (AvgIpc) is 3.18. The van der Waals surface area contributed by atoms with E-state index in [1.807, 2.05) is 6.92 Å². The summed E-state index contributed by atoms with van der Waals surface area (Å²) in [7, 11) is 0. The summed E-state index contributed by atoms with van der Waals surface area (Å²) in [4.78, 5) is 0. The average molecular weight is 293 g/mol. The van der Waals surface area contributed by atoms with Gasteiger partial charge in [-0.3, -0.25) is 0 Å². The Morgan fingerprint density at radius 2 is 1.90 bits per heavy atom. The molecular formula is C15H26F3NO. The van der Waals surface area contributed by atoms with E-state index in [0.29, 0.717) is 25.2 Å². The molecule has 0 aromatic rings. The molecule has 1 unspecified atom stereocenters. The van der Waals surface area contributed by atoms with E-state index >= 15 is 0 Å². The van der Waals surface area contributed by atoms with Crippen molar-refractivity contribution in [3.05, 3.63) is 0 Å². The van der Waals surface area contributed by atoms with E-state index < -0.39 is 11.6 Å². The summed E-state index contributed by atoms with van der Waals surface area (Å²) in [6, 6.07) is 0.176. The minimum atomic E-state index is -4.01. The van der Waals surface area contributed by atoms with Crippen LogP contribution in [-0.2, 0) is 4.74 Å². The van der Waals surface area contributed by atoms with Crippen molar-refractivity contribution < 1.29 is 17.9 Å². The third kappa shape index (κ3) is 4.35. The number of ether oxygens (including phenoxy) is 1. The number of halogens is 3. The summed E-state index contributed by atoms with van der Waals surface area (Å²) in [6.45, 7) is 4.62. The van der Waals surface area contributed by atoms with Crippen LogP contribution >= 0.6 is 0 Å². The Hall–Kier alpha value is -0.290. The number of alkyl halides is 3. The highest BCUT2D eigenvalue weighted by molar-refractivity contribution is 4.99. The summed E-state index contributed by atoms with van der Waals surface area (Å²) in [6.07, 6.45) is 0.888. The lowest BCUT2D eigenvalue weighted by molar-refractivity contribution is -0.189. The van der Waals surface area contributed by atoms with Gasteiger partial charge in [0.25, 0.3) is 0 Å². The smallest absolute Gasteiger partial charge is 0.381 e. The van der Waals surface area contributed by atoms with E-state index in [9.17, 15) is 13.2 Å². The molecule has 1 N–H and O–H groups in total. The van der Waals surface area contributed by atoms with Crippen molar-refractivity contribution in [2.75, 3.05) is 19.8 Å². The number of nitrogens with one attached hydrogen (secondary N) is 1. The first-order valence-electron chi connectivity index (χ1n) is 7.81. The van der Waals surface area contributed by atoms with Crippen LogP contribution in [0.5, 0.6) is 0 Å². The van der Waals surface area contributed by atoms with Crippen LogP contribution in [0.1, 0.15) is 51.9 Å². The van der Waals surface area contributed by atoms with Crippen molar-refractivity contribution in [3.8, 4) is 0 Å². The Bertz CT molecular complexity index is 296. The van der Waals surface area contributed by atoms with Gasteiger partial charge in [0.2, 0.25) is 0 Å². The highest BCUT2D eigenvalue weighted by Crippen LogP contribution is 2.60. The maximum absolute atomic E-state index is 12.8. The van der Waals surface area contributed by atoms with Crippen LogP contribution in [0.3, 0.4) is 0 Å². The summed E-state index contributed by atoms with van der Waals surface area (Å²) in [5, 5.41) is 3.37. The van der Waals surface area contributed by atoms with Crippen LogP contribution in [0.15, 0.2) is 0 Å². The molecule has 2 rings (SSSR count). The van der Waals surface area contributed by atoms with Crippen molar-refractivity contribution in [3.63, 3.8) is 0 Å². The van der Waals surface area contributed by atoms with E-state index in [1.165, 1.54) is 0 Å². The topological polar surface area (TPSA) is 21.3 Å². The highest BCUT2D eigenvalue weighted by atomic mass is 19.4. The quantitative estimate of drug-likeness (QED) is 0.768. The lowest BCUT2D eigenvalue weighted by Gasteiger charge is -2.24. The van der Waals surface area contributed by atoms with Crippen LogP contribution in [0.4, 0.5) is 13.2 Å². The second kappa shape index (κ2) is 6.65. The SMILES string of the molecule is CC(CCC1(C(F)(F)F)CC1)NCCC1CCOCC1. The standard InChI is InChI=1S/C15H26F3NO/c1-12(2-6-14(7-8-14)15(16,17)18)19-9-3-13-4-10-20-11-5-13/h12-13,19H,2-11H2,1H3. The zero-order valence-electron chi connectivity index (χ0n) is 12.3. The first kappa shape index (κ1) is 16.1.